The number of aliphatic hydroxyl groups excluding tert-OH is 1. The van der Waals surface area contributed by atoms with E-state index in [1.165, 1.54) is 10.6 Å². The van der Waals surface area contributed by atoms with Gasteiger partial charge < -0.3 is 25.4 Å². The summed E-state index contributed by atoms with van der Waals surface area (Å²) in [6.45, 7) is 3.23. The molecule has 26 heavy (non-hydrogen) atoms. The number of halogens is 1. The summed E-state index contributed by atoms with van der Waals surface area (Å²) in [6, 6.07) is 2.39. The van der Waals surface area contributed by atoms with Crippen molar-refractivity contribution in [2.45, 2.75) is 25.8 Å². The number of aliphatic hydroxyl groups is 1. The lowest BCUT2D eigenvalue weighted by atomic mass is 9.95. The molecule has 0 bridgehead atoms. The summed E-state index contributed by atoms with van der Waals surface area (Å²) in [4.78, 5) is 25.4. The summed E-state index contributed by atoms with van der Waals surface area (Å²) in [5.41, 5.74) is 0.244. The molecule has 1 aromatic carbocycles. The van der Waals surface area contributed by atoms with E-state index in [4.69, 9.17) is 5.11 Å². The Hall–Kier alpha value is -2.45. The molecule has 0 fully saturated rings. The molecular formula is C18H23FN3O4+. The van der Waals surface area contributed by atoms with E-state index in [1.807, 2.05) is 12.2 Å². The number of nitrogens with two attached hydrogens (primary N) is 1. The molecule has 0 aliphatic carbocycles. The Morgan fingerprint density at radius 3 is 2.92 bits per heavy atom. The van der Waals surface area contributed by atoms with Crippen LogP contribution in [0.4, 0.5) is 4.39 Å². The molecule has 3 rings (SSSR count). The monoisotopic (exact) mass is 364 g/mol. The van der Waals surface area contributed by atoms with Crippen LogP contribution in [0.2, 0.25) is 0 Å². The van der Waals surface area contributed by atoms with Crippen LogP contribution in [0.1, 0.15) is 35.3 Å². The lowest BCUT2D eigenvalue weighted by Crippen LogP contribution is -2.86. The number of nitrogens with zero attached hydrogens (tertiary/aromatic N) is 1. The second-order valence-electron chi connectivity index (χ2n) is 6.59. The molecule has 1 aliphatic rings. The number of carbonyl (C=O) groups is 1. The molecule has 5 N–H and O–H groups in total. The maximum absolute atomic E-state index is 13.9. The Morgan fingerprint density at radius 1 is 1.42 bits per heavy atom. The van der Waals surface area contributed by atoms with Crippen LogP contribution in [0.5, 0.6) is 5.75 Å². The number of rotatable bonds is 6. The predicted octanol–water partition coefficient (Wildman–Crippen LogP) is -0.361. The third kappa shape index (κ3) is 3.17. The Balaban J connectivity index is 2.04. The minimum Gasteiger partial charge on any atom is -0.506 e. The maximum Gasteiger partial charge on any atom is 0.267 e. The number of hydrogen-bond acceptors (Lipinski definition) is 4. The van der Waals surface area contributed by atoms with E-state index >= 15 is 0 Å². The molecule has 0 spiro atoms. The third-order valence-electron chi connectivity index (χ3n) is 4.79. The van der Waals surface area contributed by atoms with Crippen LogP contribution in [0, 0.1) is 5.82 Å². The van der Waals surface area contributed by atoms with Crippen LogP contribution in [-0.4, -0.2) is 46.9 Å². The molecule has 2 aromatic rings. The van der Waals surface area contributed by atoms with E-state index in [-0.39, 0.29) is 30.1 Å². The highest BCUT2D eigenvalue weighted by molar-refractivity contribution is 6.03. The van der Waals surface area contributed by atoms with Crippen molar-refractivity contribution in [2.24, 2.45) is 0 Å². The molecule has 7 nitrogen and oxygen atoms in total. The number of amides is 1. The standard InChI is InChI=1S/C18H22FN3O4/c1-10-2-3-11-8-12(19)9-13-15(11)22(10)18(26)14(16(13)24)17(25)21-5-4-20-6-7-23/h8-10,20,23-24H,2-7H2,1H3,(H,21,25)/p+1. The van der Waals surface area contributed by atoms with E-state index in [2.05, 4.69) is 5.32 Å². The number of pyridine rings is 1. The van der Waals surface area contributed by atoms with Gasteiger partial charge in [-0.3, -0.25) is 9.59 Å². The SMILES string of the molecule is CC1CCc2cc(F)cc3c(O)c(C(=O)NCC[NH2+]CCO)c(=O)n1c23. The van der Waals surface area contributed by atoms with Gasteiger partial charge in [0.2, 0.25) is 0 Å². The van der Waals surface area contributed by atoms with E-state index in [1.54, 1.807) is 0 Å². The zero-order valence-corrected chi connectivity index (χ0v) is 14.6. The smallest absolute Gasteiger partial charge is 0.267 e. The largest absolute Gasteiger partial charge is 0.506 e. The van der Waals surface area contributed by atoms with Gasteiger partial charge in [-0.1, -0.05) is 0 Å². The highest BCUT2D eigenvalue weighted by Gasteiger charge is 2.28. The van der Waals surface area contributed by atoms with E-state index < -0.39 is 23.0 Å². The number of hydrogen-bond donors (Lipinski definition) is 4. The third-order valence-corrected chi connectivity index (χ3v) is 4.79. The highest BCUT2D eigenvalue weighted by Crippen LogP contribution is 2.35. The fourth-order valence-electron chi connectivity index (χ4n) is 3.50. The number of nitrogens with one attached hydrogen (secondary N) is 1. The van der Waals surface area contributed by atoms with Crippen molar-refractivity contribution in [1.29, 1.82) is 0 Å². The van der Waals surface area contributed by atoms with Gasteiger partial charge in [0, 0.05) is 11.4 Å². The molecule has 140 valence electrons. The molecule has 1 atom stereocenters. The first-order chi connectivity index (χ1) is 12.5. The first-order valence-corrected chi connectivity index (χ1v) is 8.76. The van der Waals surface area contributed by atoms with Gasteiger partial charge in [0.05, 0.1) is 31.8 Å². The van der Waals surface area contributed by atoms with Gasteiger partial charge in [-0.15, -0.1) is 0 Å². The number of aromatic nitrogens is 1. The Kier molecular flexibility index (Phi) is 5.24. The van der Waals surface area contributed by atoms with Gasteiger partial charge in [0.25, 0.3) is 11.5 Å². The van der Waals surface area contributed by atoms with E-state index in [0.717, 1.165) is 6.07 Å². The van der Waals surface area contributed by atoms with Gasteiger partial charge in [-0.05, 0) is 37.5 Å². The first kappa shape index (κ1) is 18.3. The van der Waals surface area contributed by atoms with E-state index in [9.17, 15) is 19.1 Å². The highest BCUT2D eigenvalue weighted by atomic mass is 19.1. The Morgan fingerprint density at radius 2 is 2.19 bits per heavy atom. The number of aryl methyl sites for hydroxylation is 1. The normalized spacial score (nSPS) is 16.0. The molecule has 0 saturated carbocycles. The summed E-state index contributed by atoms with van der Waals surface area (Å²) in [5.74, 6) is -1.67. The molecular weight excluding hydrogens is 341 g/mol. The number of quaternary nitrogens is 1. The topological polar surface area (TPSA) is 108 Å². The maximum atomic E-state index is 13.9. The minimum absolute atomic E-state index is 0.0376. The second kappa shape index (κ2) is 7.43. The van der Waals surface area contributed by atoms with Gasteiger partial charge in [0.15, 0.2) is 0 Å². The molecule has 1 amide bonds. The molecule has 1 aromatic heterocycles. The van der Waals surface area contributed by atoms with Crippen molar-refractivity contribution < 1.29 is 24.7 Å². The average molecular weight is 364 g/mol. The van der Waals surface area contributed by atoms with Crippen LogP contribution in [-0.2, 0) is 6.42 Å². The average Bonchev–Trinajstić information content (AvgIpc) is 2.60. The number of carbonyl (C=O) groups excluding carboxylic acids is 1. The zero-order valence-electron chi connectivity index (χ0n) is 14.6. The minimum atomic E-state index is -0.681. The van der Waals surface area contributed by atoms with Crippen LogP contribution in [0.25, 0.3) is 10.9 Å². The molecule has 1 aliphatic heterocycles. The number of aromatic hydroxyl groups is 1. The van der Waals surface area contributed by atoms with Crippen LogP contribution < -0.4 is 16.2 Å². The fraction of sp³-hybridized carbons (Fsp3) is 0.444. The molecule has 0 saturated heterocycles. The molecule has 0 radical (unpaired) electrons. The van der Waals surface area contributed by atoms with Gasteiger partial charge in [0.1, 0.15) is 17.1 Å². The van der Waals surface area contributed by atoms with Crippen LogP contribution >= 0.6 is 0 Å². The lowest BCUT2D eigenvalue weighted by Gasteiger charge is -2.26. The zero-order chi connectivity index (χ0) is 18.8. The number of benzene rings is 1. The van der Waals surface area contributed by atoms with Crippen molar-refractivity contribution in [3.63, 3.8) is 0 Å². The van der Waals surface area contributed by atoms with Crippen LogP contribution in [0.15, 0.2) is 16.9 Å². The predicted molar refractivity (Wildman–Crippen MR) is 93.9 cm³/mol. The summed E-state index contributed by atoms with van der Waals surface area (Å²) < 4.78 is 15.4. The second-order valence-corrected chi connectivity index (χ2v) is 6.59. The van der Waals surface area contributed by atoms with Crippen LogP contribution in [0.3, 0.4) is 0 Å². The van der Waals surface area contributed by atoms with Crippen molar-refractivity contribution in [3.8, 4) is 5.75 Å². The Labute approximate surface area is 149 Å². The summed E-state index contributed by atoms with van der Waals surface area (Å²) in [7, 11) is 0. The summed E-state index contributed by atoms with van der Waals surface area (Å²) in [6.07, 6.45) is 1.27. The lowest BCUT2D eigenvalue weighted by molar-refractivity contribution is -0.654. The first-order valence-electron chi connectivity index (χ1n) is 8.76. The van der Waals surface area contributed by atoms with Gasteiger partial charge >= 0.3 is 0 Å². The van der Waals surface area contributed by atoms with Crippen molar-refractivity contribution in [2.75, 3.05) is 26.2 Å². The molecule has 2 heterocycles. The fourth-order valence-corrected chi connectivity index (χ4v) is 3.50. The summed E-state index contributed by atoms with van der Waals surface area (Å²) >= 11 is 0. The van der Waals surface area contributed by atoms with Gasteiger partial charge in [-0.25, -0.2) is 4.39 Å². The quantitative estimate of drug-likeness (QED) is 0.525. The van der Waals surface area contributed by atoms with Crippen molar-refractivity contribution in [1.82, 2.24) is 9.88 Å². The van der Waals surface area contributed by atoms with Crippen molar-refractivity contribution >= 4 is 16.8 Å². The van der Waals surface area contributed by atoms with E-state index in [0.29, 0.717) is 37.0 Å². The molecule has 8 heteroatoms. The van der Waals surface area contributed by atoms with Gasteiger partial charge in [-0.2, -0.15) is 0 Å². The van der Waals surface area contributed by atoms with Crippen molar-refractivity contribution in [3.05, 3.63) is 39.4 Å². The summed E-state index contributed by atoms with van der Waals surface area (Å²) in [5, 5.41) is 23.9. The Bertz CT molecular complexity index is 910. The molecule has 1 unspecified atom stereocenters.